The molecule has 4 rings (SSSR count). The van der Waals surface area contributed by atoms with E-state index in [2.05, 4.69) is 10.3 Å². The standard InChI is InChI=1S/C21H19F2N3O7S/c1-31-13-4-3-11(22)16(23)10(13)7-33-14-5-9(6-24-18(14)32-2)26-19(27)15-12(25-21(26)30)8-34-17(15)20(28)29/h3-6,8,19,21,25,27,30H,7H2,1-2H3,(H,28,29). The van der Waals surface area contributed by atoms with Gasteiger partial charge in [0.05, 0.1) is 37.4 Å². The topological polar surface area (TPSA) is 134 Å². The SMILES string of the molecule is COc1ccc(F)c(F)c1COc1cc(N2C(O)Nc3csc(C(=O)O)c3C2O)cnc1OC. The number of ether oxygens (including phenoxy) is 3. The van der Waals surface area contributed by atoms with Gasteiger partial charge in [-0.15, -0.1) is 11.3 Å². The first kappa shape index (κ1) is 23.5. The molecule has 4 N–H and O–H groups in total. The van der Waals surface area contributed by atoms with Crippen LogP contribution in [0.2, 0.25) is 0 Å². The van der Waals surface area contributed by atoms with Crippen LogP contribution in [0, 0.1) is 11.6 Å². The van der Waals surface area contributed by atoms with Crippen LogP contribution in [0.3, 0.4) is 0 Å². The summed E-state index contributed by atoms with van der Waals surface area (Å²) < 4.78 is 43.9. The van der Waals surface area contributed by atoms with Crippen LogP contribution in [0.5, 0.6) is 17.4 Å². The Labute approximate surface area is 195 Å². The third kappa shape index (κ3) is 4.04. The van der Waals surface area contributed by atoms with Crippen molar-refractivity contribution in [2.75, 3.05) is 24.4 Å². The summed E-state index contributed by atoms with van der Waals surface area (Å²) >= 11 is 0.899. The van der Waals surface area contributed by atoms with E-state index < -0.39 is 36.8 Å². The molecule has 180 valence electrons. The lowest BCUT2D eigenvalue weighted by Gasteiger charge is -2.39. The first-order chi connectivity index (χ1) is 16.3. The van der Waals surface area contributed by atoms with Crippen LogP contribution in [-0.2, 0) is 6.61 Å². The van der Waals surface area contributed by atoms with Gasteiger partial charge in [0.1, 0.15) is 17.2 Å². The van der Waals surface area contributed by atoms with Crippen LogP contribution < -0.4 is 24.4 Å². The molecule has 13 heteroatoms. The number of rotatable bonds is 7. The fourth-order valence-corrected chi connectivity index (χ4v) is 4.41. The normalized spacial score (nSPS) is 17.1. The van der Waals surface area contributed by atoms with Gasteiger partial charge in [-0.05, 0) is 12.1 Å². The van der Waals surface area contributed by atoms with Gasteiger partial charge in [0.25, 0.3) is 5.88 Å². The zero-order valence-electron chi connectivity index (χ0n) is 17.8. The van der Waals surface area contributed by atoms with Gasteiger partial charge in [0.2, 0.25) is 6.35 Å². The maximum absolute atomic E-state index is 14.3. The number of halogens is 2. The zero-order valence-corrected chi connectivity index (χ0v) is 18.6. The molecule has 0 saturated carbocycles. The highest BCUT2D eigenvalue weighted by Crippen LogP contribution is 2.42. The van der Waals surface area contributed by atoms with E-state index in [0.29, 0.717) is 0 Å². The third-order valence-corrected chi connectivity index (χ3v) is 6.12. The Bertz CT molecular complexity index is 1240. The van der Waals surface area contributed by atoms with Gasteiger partial charge in [-0.3, -0.25) is 4.90 Å². The number of hydrogen-bond donors (Lipinski definition) is 4. The molecule has 0 aliphatic carbocycles. The number of carboxylic acids is 1. The highest BCUT2D eigenvalue weighted by atomic mass is 32.1. The van der Waals surface area contributed by atoms with E-state index in [-0.39, 0.29) is 44.8 Å². The second kappa shape index (κ2) is 9.29. The summed E-state index contributed by atoms with van der Waals surface area (Å²) in [6.45, 7) is -0.449. The highest BCUT2D eigenvalue weighted by Gasteiger charge is 2.37. The van der Waals surface area contributed by atoms with Crippen molar-refractivity contribution >= 4 is 28.7 Å². The molecular formula is C21H19F2N3O7S. The van der Waals surface area contributed by atoms with Gasteiger partial charge in [-0.1, -0.05) is 0 Å². The van der Waals surface area contributed by atoms with Gasteiger partial charge in [0.15, 0.2) is 23.6 Å². The molecule has 0 radical (unpaired) electrons. The number of methoxy groups -OCH3 is 2. The van der Waals surface area contributed by atoms with E-state index in [1.807, 2.05) is 0 Å². The van der Waals surface area contributed by atoms with Gasteiger partial charge in [-0.2, -0.15) is 0 Å². The van der Waals surface area contributed by atoms with E-state index in [9.17, 15) is 28.9 Å². The van der Waals surface area contributed by atoms with E-state index in [1.165, 1.54) is 37.9 Å². The molecule has 1 aromatic carbocycles. The predicted molar refractivity (Wildman–Crippen MR) is 116 cm³/mol. The number of fused-ring (bicyclic) bond motifs is 1. The van der Waals surface area contributed by atoms with Gasteiger partial charge >= 0.3 is 5.97 Å². The van der Waals surface area contributed by atoms with Crippen molar-refractivity contribution in [2.24, 2.45) is 0 Å². The van der Waals surface area contributed by atoms with Gasteiger partial charge in [-0.25, -0.2) is 18.6 Å². The molecule has 2 atom stereocenters. The minimum Gasteiger partial charge on any atom is -0.496 e. The fraction of sp³-hybridized carbons (Fsp3) is 0.238. The first-order valence-electron chi connectivity index (χ1n) is 9.70. The zero-order chi connectivity index (χ0) is 24.6. The average molecular weight is 495 g/mol. The van der Waals surface area contributed by atoms with E-state index in [4.69, 9.17) is 14.2 Å². The minimum absolute atomic E-state index is 0.00377. The molecule has 3 aromatic rings. The van der Waals surface area contributed by atoms with Crippen LogP contribution in [0.25, 0.3) is 0 Å². The van der Waals surface area contributed by atoms with Crippen molar-refractivity contribution in [1.29, 1.82) is 0 Å². The lowest BCUT2D eigenvalue weighted by Crippen LogP contribution is -2.47. The molecule has 10 nitrogen and oxygen atoms in total. The predicted octanol–water partition coefficient (Wildman–Crippen LogP) is 2.91. The van der Waals surface area contributed by atoms with Gasteiger partial charge < -0.3 is 34.8 Å². The maximum Gasteiger partial charge on any atom is 0.346 e. The fourth-order valence-electron chi connectivity index (χ4n) is 3.53. The largest absolute Gasteiger partial charge is 0.496 e. The number of aromatic carboxylic acids is 1. The molecule has 0 amide bonds. The molecule has 0 fully saturated rings. The number of carbonyl (C=O) groups is 1. The molecule has 1 aliphatic rings. The molecule has 34 heavy (non-hydrogen) atoms. The van der Waals surface area contributed by atoms with Crippen LogP contribution in [-0.4, -0.2) is 46.8 Å². The Morgan fingerprint density at radius 3 is 2.68 bits per heavy atom. The molecule has 0 spiro atoms. The summed E-state index contributed by atoms with van der Waals surface area (Å²) in [6.07, 6.45) is -1.71. The minimum atomic E-state index is -1.53. The monoisotopic (exact) mass is 495 g/mol. The van der Waals surface area contributed by atoms with Crippen molar-refractivity contribution in [2.45, 2.75) is 19.2 Å². The Kier molecular flexibility index (Phi) is 6.41. The number of aliphatic hydroxyl groups excluding tert-OH is 2. The summed E-state index contributed by atoms with van der Waals surface area (Å²) in [7, 11) is 2.62. The molecule has 0 saturated heterocycles. The van der Waals surface area contributed by atoms with Crippen molar-refractivity contribution < 1.29 is 43.1 Å². The number of hydrogen-bond acceptors (Lipinski definition) is 10. The molecule has 2 unspecified atom stereocenters. The smallest absolute Gasteiger partial charge is 0.346 e. The average Bonchev–Trinajstić information content (AvgIpc) is 3.24. The summed E-state index contributed by atoms with van der Waals surface area (Å²) in [6, 6.07) is 3.53. The number of aromatic nitrogens is 1. The van der Waals surface area contributed by atoms with E-state index >= 15 is 0 Å². The summed E-state index contributed by atoms with van der Waals surface area (Å²) in [5.41, 5.74) is 0.310. The number of anilines is 2. The number of nitrogens with one attached hydrogen (secondary N) is 1. The summed E-state index contributed by atoms with van der Waals surface area (Å²) in [5.74, 6) is -3.40. The highest BCUT2D eigenvalue weighted by molar-refractivity contribution is 7.12. The Morgan fingerprint density at radius 2 is 2.00 bits per heavy atom. The quantitative estimate of drug-likeness (QED) is 0.388. The summed E-state index contributed by atoms with van der Waals surface area (Å²) in [4.78, 5) is 16.6. The molecule has 3 heterocycles. The first-order valence-corrected chi connectivity index (χ1v) is 10.6. The number of aliphatic hydroxyl groups is 2. The number of benzene rings is 1. The van der Waals surface area contributed by atoms with Crippen LogP contribution in [0.15, 0.2) is 29.8 Å². The van der Waals surface area contributed by atoms with Crippen molar-refractivity contribution in [3.8, 4) is 17.4 Å². The van der Waals surface area contributed by atoms with Gasteiger partial charge in [0, 0.05) is 17.0 Å². The van der Waals surface area contributed by atoms with Crippen LogP contribution in [0.4, 0.5) is 20.2 Å². The Hall–Kier alpha value is -3.68. The summed E-state index contributed by atoms with van der Waals surface area (Å²) in [5, 5.41) is 35.0. The number of nitrogens with zero attached hydrogens (tertiary/aromatic N) is 2. The van der Waals surface area contributed by atoms with Crippen LogP contribution >= 0.6 is 11.3 Å². The number of thiophene rings is 1. The second-order valence-electron chi connectivity index (χ2n) is 7.03. The molecule has 1 aliphatic heterocycles. The van der Waals surface area contributed by atoms with Crippen molar-refractivity contribution in [1.82, 2.24) is 4.98 Å². The maximum atomic E-state index is 14.3. The Morgan fingerprint density at radius 1 is 1.24 bits per heavy atom. The lowest BCUT2D eigenvalue weighted by molar-refractivity contribution is 0.0676. The van der Waals surface area contributed by atoms with E-state index in [0.717, 1.165) is 22.3 Å². The molecule has 2 aromatic heterocycles. The number of carboxylic acid groups (broad SMARTS) is 1. The van der Waals surface area contributed by atoms with Crippen molar-refractivity contribution in [3.63, 3.8) is 0 Å². The third-order valence-electron chi connectivity index (χ3n) is 5.13. The lowest BCUT2D eigenvalue weighted by atomic mass is 10.1. The second-order valence-corrected chi connectivity index (χ2v) is 7.91. The van der Waals surface area contributed by atoms with Crippen LogP contribution in [0.1, 0.15) is 27.0 Å². The van der Waals surface area contributed by atoms with Crippen molar-refractivity contribution in [3.05, 3.63) is 57.4 Å². The van der Waals surface area contributed by atoms with E-state index in [1.54, 1.807) is 0 Å². The number of pyridine rings is 1. The Balaban J connectivity index is 1.68. The molecular weight excluding hydrogens is 476 g/mol. The molecule has 0 bridgehead atoms.